The molecule has 2 aliphatic rings. The van der Waals surface area contributed by atoms with E-state index in [4.69, 9.17) is 4.74 Å². The van der Waals surface area contributed by atoms with E-state index in [1.807, 2.05) is 42.5 Å². The van der Waals surface area contributed by atoms with E-state index in [2.05, 4.69) is 26.0 Å². The lowest BCUT2D eigenvalue weighted by Crippen LogP contribution is -2.14. The summed E-state index contributed by atoms with van der Waals surface area (Å²) in [5.41, 5.74) is 2.73. The van der Waals surface area contributed by atoms with Crippen molar-refractivity contribution >= 4 is 26.8 Å². The quantitative estimate of drug-likeness (QED) is 0.587. The van der Waals surface area contributed by atoms with E-state index in [1.165, 1.54) is 4.68 Å². The number of fused-ring (bicyclic) bond motifs is 3. The van der Waals surface area contributed by atoms with E-state index >= 15 is 0 Å². The Morgan fingerprint density at radius 2 is 1.96 bits per heavy atom. The number of benzene rings is 2. The summed E-state index contributed by atoms with van der Waals surface area (Å²) in [6.45, 7) is 0. The Hall–Kier alpha value is -2.60. The molecular weight excluding hydrogens is 358 g/mol. The van der Waals surface area contributed by atoms with Crippen LogP contribution in [0.4, 0.5) is 0 Å². The van der Waals surface area contributed by atoms with Gasteiger partial charge in [0.15, 0.2) is 0 Å². The van der Waals surface area contributed by atoms with Crippen molar-refractivity contribution < 1.29 is 4.74 Å². The Labute approximate surface area is 140 Å². The fourth-order valence-corrected chi connectivity index (χ4v) is 2.99. The Morgan fingerprint density at radius 3 is 2.70 bits per heavy atom. The van der Waals surface area contributed by atoms with E-state index in [9.17, 15) is 4.79 Å². The number of nitrogens with zero attached hydrogens (tertiary/aromatic N) is 2. The van der Waals surface area contributed by atoms with Gasteiger partial charge in [0.05, 0.1) is 18.4 Å². The van der Waals surface area contributed by atoms with Crippen LogP contribution in [0.25, 0.3) is 27.8 Å². The zero-order valence-corrected chi connectivity index (χ0v) is 13.8. The third-order valence-corrected chi connectivity index (χ3v) is 4.30. The molecule has 0 fully saturated rings. The first-order valence-electron chi connectivity index (χ1n) is 7.01. The van der Waals surface area contributed by atoms with Crippen LogP contribution in [-0.2, 0) is 0 Å². The van der Waals surface area contributed by atoms with Crippen molar-refractivity contribution in [3.8, 4) is 22.7 Å². The van der Waals surface area contributed by atoms with Gasteiger partial charge in [-0.25, -0.2) is 0 Å². The average Bonchev–Trinajstić information content (AvgIpc) is 2.92. The number of H-pyrrole nitrogens is 1. The highest BCUT2D eigenvalue weighted by Crippen LogP contribution is 2.28. The fourth-order valence-electron chi connectivity index (χ4n) is 2.63. The standard InChI is InChI=1S/C17H12BrN3O2/c1-23-12-5-3-11(4-6-12)21-17(22)14-9-19-15-7-2-10(18)8-13(15)16(14)20-21/h2-9,19H,1H3. The molecule has 0 amide bonds. The number of hydrogen-bond donors (Lipinski definition) is 1. The van der Waals surface area contributed by atoms with Crippen LogP contribution < -0.4 is 10.3 Å². The molecule has 0 bridgehead atoms. The smallest absolute Gasteiger partial charge is 0.282 e. The first kappa shape index (κ1) is 14.0. The van der Waals surface area contributed by atoms with Crippen LogP contribution >= 0.6 is 15.9 Å². The number of aromatic amines is 1. The highest BCUT2D eigenvalue weighted by Gasteiger charge is 2.19. The van der Waals surface area contributed by atoms with E-state index < -0.39 is 0 Å². The van der Waals surface area contributed by atoms with E-state index in [0.717, 1.165) is 21.1 Å². The normalized spacial score (nSPS) is 11.2. The van der Waals surface area contributed by atoms with Crippen LogP contribution in [0.5, 0.6) is 5.75 Å². The summed E-state index contributed by atoms with van der Waals surface area (Å²) < 4.78 is 7.50. The number of nitrogens with one attached hydrogen (secondary N) is 1. The number of hydrogen-bond acceptors (Lipinski definition) is 3. The molecule has 0 aromatic heterocycles. The number of aromatic nitrogens is 3. The predicted octanol–water partition coefficient (Wildman–Crippen LogP) is 3.59. The summed E-state index contributed by atoms with van der Waals surface area (Å²) in [4.78, 5) is 15.8. The number of rotatable bonds is 2. The molecule has 2 aliphatic heterocycles. The minimum atomic E-state index is -0.150. The number of methoxy groups -OCH3 is 1. The second kappa shape index (κ2) is 5.24. The van der Waals surface area contributed by atoms with Crippen LogP contribution in [0.1, 0.15) is 0 Å². The second-order valence-corrected chi connectivity index (χ2v) is 6.07. The summed E-state index contributed by atoms with van der Waals surface area (Å²) >= 11 is 3.46. The van der Waals surface area contributed by atoms with Crippen LogP contribution in [0, 0.1) is 0 Å². The van der Waals surface area contributed by atoms with E-state index in [1.54, 1.807) is 13.3 Å². The zero-order valence-electron chi connectivity index (χ0n) is 12.2. The monoisotopic (exact) mass is 369 g/mol. The van der Waals surface area contributed by atoms with Gasteiger partial charge >= 0.3 is 0 Å². The molecule has 1 N–H and O–H groups in total. The molecule has 0 aliphatic carbocycles. The minimum Gasteiger partial charge on any atom is -0.497 e. The zero-order chi connectivity index (χ0) is 16.0. The summed E-state index contributed by atoms with van der Waals surface area (Å²) in [6.07, 6.45) is 1.71. The van der Waals surface area contributed by atoms with Gasteiger partial charge in [0, 0.05) is 21.6 Å². The SMILES string of the molecule is COc1ccc(-n2nc3c4cc(Br)ccc4[nH]cc-3c2=O)cc1. The van der Waals surface area contributed by atoms with Gasteiger partial charge in [-0.2, -0.15) is 9.78 Å². The molecule has 6 heteroatoms. The molecule has 0 unspecified atom stereocenters. The van der Waals surface area contributed by atoms with Gasteiger partial charge in [-0.15, -0.1) is 0 Å². The number of pyridine rings is 1. The van der Waals surface area contributed by atoms with Gasteiger partial charge in [0.2, 0.25) is 0 Å². The molecule has 4 rings (SSSR count). The Balaban J connectivity index is 1.99. The Bertz CT molecular complexity index is 1030. The second-order valence-electron chi connectivity index (χ2n) is 5.16. The molecule has 2 aromatic carbocycles. The lowest BCUT2D eigenvalue weighted by atomic mass is 10.1. The molecule has 0 saturated carbocycles. The van der Waals surface area contributed by atoms with Crippen LogP contribution in [0.3, 0.4) is 0 Å². The van der Waals surface area contributed by atoms with E-state index in [0.29, 0.717) is 16.9 Å². The van der Waals surface area contributed by atoms with Gasteiger partial charge in [-0.05, 0) is 42.5 Å². The summed E-state index contributed by atoms with van der Waals surface area (Å²) in [5, 5.41) is 5.43. The summed E-state index contributed by atoms with van der Waals surface area (Å²) in [6, 6.07) is 13.1. The largest absolute Gasteiger partial charge is 0.497 e. The van der Waals surface area contributed by atoms with Crippen LogP contribution in [-0.4, -0.2) is 21.9 Å². The van der Waals surface area contributed by atoms with Gasteiger partial charge in [0.1, 0.15) is 11.4 Å². The molecule has 0 saturated heterocycles. The van der Waals surface area contributed by atoms with Gasteiger partial charge < -0.3 is 9.72 Å². The molecule has 2 heterocycles. The van der Waals surface area contributed by atoms with Crippen molar-refractivity contribution in [2.75, 3.05) is 7.11 Å². The topological polar surface area (TPSA) is 59.9 Å². The van der Waals surface area contributed by atoms with Gasteiger partial charge in [0.25, 0.3) is 5.56 Å². The first-order chi connectivity index (χ1) is 11.2. The van der Waals surface area contributed by atoms with Crippen molar-refractivity contribution in [1.29, 1.82) is 0 Å². The van der Waals surface area contributed by atoms with Crippen molar-refractivity contribution in [3.63, 3.8) is 0 Å². The Kier molecular flexibility index (Phi) is 3.20. The Morgan fingerprint density at radius 1 is 1.17 bits per heavy atom. The molecule has 114 valence electrons. The minimum absolute atomic E-state index is 0.150. The van der Waals surface area contributed by atoms with Crippen LogP contribution in [0.15, 0.2) is 57.9 Å². The maximum atomic E-state index is 12.6. The molecular formula is C17H12BrN3O2. The summed E-state index contributed by atoms with van der Waals surface area (Å²) in [7, 11) is 1.61. The lowest BCUT2D eigenvalue weighted by molar-refractivity contribution is 0.414. The van der Waals surface area contributed by atoms with Crippen molar-refractivity contribution in [2.24, 2.45) is 0 Å². The van der Waals surface area contributed by atoms with E-state index in [-0.39, 0.29) is 5.56 Å². The van der Waals surface area contributed by atoms with Crippen LogP contribution in [0.2, 0.25) is 0 Å². The molecule has 5 nitrogen and oxygen atoms in total. The molecule has 0 radical (unpaired) electrons. The molecule has 2 aromatic rings. The number of halogens is 1. The van der Waals surface area contributed by atoms with Crippen molar-refractivity contribution in [1.82, 2.24) is 14.8 Å². The summed E-state index contributed by atoms with van der Waals surface area (Å²) in [5.74, 6) is 0.737. The van der Waals surface area contributed by atoms with Crippen molar-refractivity contribution in [3.05, 3.63) is 63.5 Å². The third-order valence-electron chi connectivity index (χ3n) is 3.80. The highest BCUT2D eigenvalue weighted by molar-refractivity contribution is 9.10. The highest BCUT2D eigenvalue weighted by atomic mass is 79.9. The molecule has 0 atom stereocenters. The maximum Gasteiger partial charge on any atom is 0.282 e. The lowest BCUT2D eigenvalue weighted by Gasteiger charge is -2.03. The van der Waals surface area contributed by atoms with Gasteiger partial charge in [-0.3, -0.25) is 4.79 Å². The maximum absolute atomic E-state index is 12.6. The fraction of sp³-hybridized carbons (Fsp3) is 0.0588. The molecule has 0 spiro atoms. The van der Waals surface area contributed by atoms with Crippen molar-refractivity contribution in [2.45, 2.75) is 0 Å². The third kappa shape index (κ3) is 2.22. The number of ether oxygens (including phenoxy) is 1. The predicted molar refractivity (Wildman–Crippen MR) is 92.6 cm³/mol. The first-order valence-corrected chi connectivity index (χ1v) is 7.81. The molecule has 23 heavy (non-hydrogen) atoms. The average molecular weight is 370 g/mol. The van der Waals surface area contributed by atoms with Gasteiger partial charge in [-0.1, -0.05) is 15.9 Å².